The summed E-state index contributed by atoms with van der Waals surface area (Å²) in [6.45, 7) is 1.58. The third kappa shape index (κ3) is 3.01. The van der Waals surface area contributed by atoms with E-state index in [4.69, 9.17) is 16.3 Å². The lowest BCUT2D eigenvalue weighted by atomic mass is 9.99. The van der Waals surface area contributed by atoms with E-state index in [9.17, 15) is 13.2 Å². The molecule has 7 heteroatoms. The van der Waals surface area contributed by atoms with E-state index in [2.05, 4.69) is 10.2 Å². The number of benzene rings is 2. The molecule has 3 aromatic rings. The SMILES string of the molecule is COc1cc(C(F)(F)F)cc(C)c1-c1cc2ccc(Cl)cc2nn1. The Morgan fingerprint density at radius 3 is 2.46 bits per heavy atom. The summed E-state index contributed by atoms with van der Waals surface area (Å²) in [5.41, 5.74) is 1.17. The molecule has 0 radical (unpaired) electrons. The van der Waals surface area contributed by atoms with Crippen molar-refractivity contribution in [3.8, 4) is 17.0 Å². The van der Waals surface area contributed by atoms with Crippen molar-refractivity contribution in [3.05, 3.63) is 52.5 Å². The summed E-state index contributed by atoms with van der Waals surface area (Å²) in [5, 5.41) is 9.52. The van der Waals surface area contributed by atoms with Crippen molar-refractivity contribution in [2.24, 2.45) is 0 Å². The second-order valence-electron chi connectivity index (χ2n) is 5.30. The van der Waals surface area contributed by atoms with Crippen molar-refractivity contribution in [3.63, 3.8) is 0 Å². The lowest BCUT2D eigenvalue weighted by Crippen LogP contribution is -2.07. The molecule has 3 nitrogen and oxygen atoms in total. The molecule has 0 atom stereocenters. The lowest BCUT2D eigenvalue weighted by Gasteiger charge is -2.15. The van der Waals surface area contributed by atoms with Crippen molar-refractivity contribution in [2.45, 2.75) is 13.1 Å². The number of nitrogens with zero attached hydrogens (tertiary/aromatic N) is 2. The van der Waals surface area contributed by atoms with Crippen LogP contribution < -0.4 is 4.74 Å². The second-order valence-corrected chi connectivity index (χ2v) is 5.74. The van der Waals surface area contributed by atoms with Crippen LogP contribution in [0.4, 0.5) is 13.2 Å². The minimum absolute atomic E-state index is 0.102. The Balaban J connectivity index is 2.20. The molecule has 0 aliphatic carbocycles. The van der Waals surface area contributed by atoms with Gasteiger partial charge in [0.25, 0.3) is 0 Å². The molecule has 1 aromatic heterocycles. The summed E-state index contributed by atoms with van der Waals surface area (Å²) in [6, 6.07) is 8.96. The predicted molar refractivity (Wildman–Crippen MR) is 86.3 cm³/mol. The molecular weight excluding hydrogens is 341 g/mol. The van der Waals surface area contributed by atoms with E-state index in [1.807, 2.05) is 0 Å². The highest BCUT2D eigenvalue weighted by atomic mass is 35.5. The average molecular weight is 353 g/mol. The topological polar surface area (TPSA) is 35.0 Å². The van der Waals surface area contributed by atoms with Gasteiger partial charge in [-0.05, 0) is 42.8 Å². The van der Waals surface area contributed by atoms with E-state index >= 15 is 0 Å². The van der Waals surface area contributed by atoms with Crippen LogP contribution in [-0.4, -0.2) is 17.3 Å². The first kappa shape index (κ1) is 16.5. The third-order valence-electron chi connectivity index (χ3n) is 3.65. The van der Waals surface area contributed by atoms with Crippen molar-refractivity contribution in [1.82, 2.24) is 10.2 Å². The van der Waals surface area contributed by atoms with Gasteiger partial charge in [0.1, 0.15) is 5.75 Å². The number of hydrogen-bond acceptors (Lipinski definition) is 3. The first-order valence-electron chi connectivity index (χ1n) is 6.99. The Hall–Kier alpha value is -2.34. The molecule has 0 amide bonds. The highest BCUT2D eigenvalue weighted by molar-refractivity contribution is 6.31. The molecule has 0 N–H and O–H groups in total. The first-order chi connectivity index (χ1) is 11.3. The maximum absolute atomic E-state index is 13.0. The zero-order valence-corrected chi connectivity index (χ0v) is 13.5. The fourth-order valence-electron chi connectivity index (χ4n) is 2.54. The summed E-state index contributed by atoms with van der Waals surface area (Å²) in [7, 11) is 1.33. The van der Waals surface area contributed by atoms with Crippen LogP contribution in [0.1, 0.15) is 11.1 Å². The maximum Gasteiger partial charge on any atom is 0.416 e. The molecule has 0 aliphatic rings. The van der Waals surface area contributed by atoms with E-state index < -0.39 is 11.7 Å². The van der Waals surface area contributed by atoms with Crippen LogP contribution in [0.3, 0.4) is 0 Å². The van der Waals surface area contributed by atoms with Crippen LogP contribution in [0.5, 0.6) is 5.75 Å². The third-order valence-corrected chi connectivity index (χ3v) is 3.89. The molecule has 0 saturated heterocycles. The Morgan fingerprint density at radius 1 is 1.04 bits per heavy atom. The lowest BCUT2D eigenvalue weighted by molar-refractivity contribution is -0.137. The number of aryl methyl sites for hydroxylation is 1. The molecule has 2 aromatic carbocycles. The summed E-state index contributed by atoms with van der Waals surface area (Å²) in [6.07, 6.45) is -4.44. The molecule has 0 aliphatic heterocycles. The monoisotopic (exact) mass is 352 g/mol. The minimum Gasteiger partial charge on any atom is -0.496 e. The summed E-state index contributed by atoms with van der Waals surface area (Å²) >= 11 is 5.91. The van der Waals surface area contributed by atoms with Crippen molar-refractivity contribution >= 4 is 22.5 Å². The fourth-order valence-corrected chi connectivity index (χ4v) is 2.71. The molecule has 3 rings (SSSR count). The van der Waals surface area contributed by atoms with Gasteiger partial charge in [-0.2, -0.15) is 13.2 Å². The van der Waals surface area contributed by atoms with Gasteiger partial charge < -0.3 is 4.74 Å². The molecule has 24 heavy (non-hydrogen) atoms. The van der Waals surface area contributed by atoms with Crippen LogP contribution >= 0.6 is 11.6 Å². The quantitative estimate of drug-likeness (QED) is 0.629. The van der Waals surface area contributed by atoms with Crippen LogP contribution in [0.25, 0.3) is 22.2 Å². The smallest absolute Gasteiger partial charge is 0.416 e. The summed E-state index contributed by atoms with van der Waals surface area (Å²) in [4.78, 5) is 0. The molecule has 0 saturated carbocycles. The van der Waals surface area contributed by atoms with Crippen LogP contribution in [0.2, 0.25) is 5.02 Å². The van der Waals surface area contributed by atoms with E-state index in [1.54, 1.807) is 31.2 Å². The molecular formula is C17H12ClF3N2O. The van der Waals surface area contributed by atoms with Gasteiger partial charge in [-0.3, -0.25) is 0 Å². The first-order valence-corrected chi connectivity index (χ1v) is 7.36. The second kappa shape index (κ2) is 5.94. The Morgan fingerprint density at radius 2 is 1.79 bits per heavy atom. The molecule has 0 fully saturated rings. The number of methoxy groups -OCH3 is 1. The number of halogens is 4. The van der Waals surface area contributed by atoms with Gasteiger partial charge in [0, 0.05) is 16.0 Å². The number of rotatable bonds is 2. The van der Waals surface area contributed by atoms with Crippen molar-refractivity contribution in [1.29, 1.82) is 0 Å². The van der Waals surface area contributed by atoms with Crippen molar-refractivity contribution < 1.29 is 17.9 Å². The summed E-state index contributed by atoms with van der Waals surface area (Å²) < 4.78 is 44.1. The summed E-state index contributed by atoms with van der Waals surface area (Å²) in [5.74, 6) is 0.102. The molecule has 124 valence electrons. The fraction of sp³-hybridized carbons (Fsp3) is 0.176. The number of aromatic nitrogens is 2. The largest absolute Gasteiger partial charge is 0.496 e. The van der Waals surface area contributed by atoms with Gasteiger partial charge in [0.15, 0.2) is 0 Å². The Labute approximate surface area is 141 Å². The Kier molecular flexibility index (Phi) is 4.09. The maximum atomic E-state index is 13.0. The van der Waals surface area contributed by atoms with E-state index in [-0.39, 0.29) is 5.75 Å². The highest BCUT2D eigenvalue weighted by Crippen LogP contribution is 2.39. The Bertz CT molecular complexity index is 926. The van der Waals surface area contributed by atoms with Gasteiger partial charge >= 0.3 is 6.18 Å². The van der Waals surface area contributed by atoms with Gasteiger partial charge in [-0.15, -0.1) is 10.2 Å². The van der Waals surface area contributed by atoms with Crippen molar-refractivity contribution in [2.75, 3.05) is 7.11 Å². The number of fused-ring (bicyclic) bond motifs is 1. The standard InChI is InChI=1S/C17H12ClF3N2O/c1-9-5-11(17(19,20)21)7-15(24-2)16(9)14-6-10-3-4-12(18)8-13(10)22-23-14/h3-8H,1-2H3. The van der Waals surface area contributed by atoms with Gasteiger partial charge in [-0.1, -0.05) is 17.7 Å². The molecule has 0 spiro atoms. The number of ether oxygens (including phenoxy) is 1. The minimum atomic E-state index is -4.44. The van der Waals surface area contributed by atoms with Gasteiger partial charge in [0.05, 0.1) is 23.9 Å². The predicted octanol–water partition coefficient (Wildman–Crippen LogP) is 5.29. The highest BCUT2D eigenvalue weighted by Gasteiger charge is 2.32. The van der Waals surface area contributed by atoms with Gasteiger partial charge in [-0.25, -0.2) is 0 Å². The molecule has 1 heterocycles. The van der Waals surface area contributed by atoms with E-state index in [0.717, 1.165) is 17.5 Å². The van der Waals surface area contributed by atoms with E-state index in [1.165, 1.54) is 7.11 Å². The molecule has 0 bridgehead atoms. The average Bonchev–Trinajstić information content (AvgIpc) is 2.52. The van der Waals surface area contributed by atoms with Crippen LogP contribution in [0, 0.1) is 6.92 Å². The van der Waals surface area contributed by atoms with Gasteiger partial charge in [0.2, 0.25) is 0 Å². The normalized spacial score (nSPS) is 11.8. The van der Waals surface area contributed by atoms with Crippen LogP contribution in [-0.2, 0) is 6.18 Å². The number of alkyl halides is 3. The number of hydrogen-bond donors (Lipinski definition) is 0. The van der Waals surface area contributed by atoms with Crippen LogP contribution in [0.15, 0.2) is 36.4 Å². The van der Waals surface area contributed by atoms with E-state index in [0.29, 0.717) is 27.4 Å². The molecule has 0 unspecified atom stereocenters. The zero-order valence-electron chi connectivity index (χ0n) is 12.8. The zero-order chi connectivity index (χ0) is 17.5.